The molecule has 2 rings (SSSR count). The Balaban J connectivity index is 1.95. The normalized spacial score (nSPS) is 18.6. The van der Waals surface area contributed by atoms with Crippen molar-refractivity contribution in [2.45, 2.75) is 12.8 Å². The third kappa shape index (κ3) is 3.82. The van der Waals surface area contributed by atoms with Gasteiger partial charge >= 0.3 is 0 Å². The first-order chi connectivity index (χ1) is 9.70. The lowest BCUT2D eigenvalue weighted by molar-refractivity contribution is 0.0534. The number of rotatable bonds is 4. The molecule has 20 heavy (non-hydrogen) atoms. The Morgan fingerprint density at radius 2 is 2.40 bits per heavy atom. The summed E-state index contributed by atoms with van der Waals surface area (Å²) < 4.78 is 18.5. The highest BCUT2D eigenvalue weighted by atomic mass is 19.1. The van der Waals surface area contributed by atoms with Gasteiger partial charge in [0.15, 0.2) is 0 Å². The van der Waals surface area contributed by atoms with Crippen molar-refractivity contribution in [1.29, 1.82) is 0 Å². The quantitative estimate of drug-likeness (QED) is 0.623. The zero-order chi connectivity index (χ0) is 14.4. The largest absolute Gasteiger partial charge is 0.368 e. The van der Waals surface area contributed by atoms with E-state index in [2.05, 4.69) is 5.92 Å². The molecule has 0 bridgehead atoms. The van der Waals surface area contributed by atoms with E-state index in [0.717, 1.165) is 12.8 Å². The first kappa shape index (κ1) is 14.5. The van der Waals surface area contributed by atoms with Gasteiger partial charge in [0, 0.05) is 24.6 Å². The van der Waals surface area contributed by atoms with Crippen LogP contribution in [0.25, 0.3) is 0 Å². The van der Waals surface area contributed by atoms with Gasteiger partial charge in [0.1, 0.15) is 12.4 Å². The third-order valence-corrected chi connectivity index (χ3v) is 3.42. The molecule has 0 radical (unpaired) electrons. The van der Waals surface area contributed by atoms with E-state index in [9.17, 15) is 9.18 Å². The molecule has 3 nitrogen and oxygen atoms in total. The molecule has 1 aromatic rings. The van der Waals surface area contributed by atoms with Gasteiger partial charge in [-0.1, -0.05) is 12.0 Å². The Morgan fingerprint density at radius 1 is 1.55 bits per heavy atom. The lowest BCUT2D eigenvalue weighted by atomic mass is 9.98. The predicted molar refractivity (Wildman–Crippen MR) is 74.7 cm³/mol. The summed E-state index contributed by atoms with van der Waals surface area (Å²) in [6.45, 7) is 2.21. The van der Waals surface area contributed by atoms with Crippen LogP contribution in [0.1, 0.15) is 23.2 Å². The summed E-state index contributed by atoms with van der Waals surface area (Å²) >= 11 is 0. The Morgan fingerprint density at radius 3 is 3.15 bits per heavy atom. The van der Waals surface area contributed by atoms with Gasteiger partial charge in [0.05, 0.1) is 6.61 Å². The molecule has 1 aliphatic rings. The second kappa shape index (κ2) is 7.06. The fraction of sp³-hybridized carbons (Fsp3) is 0.438. The number of benzene rings is 1. The summed E-state index contributed by atoms with van der Waals surface area (Å²) in [4.78, 5) is 14.1. The number of hydrogen-bond donors (Lipinski definition) is 0. The van der Waals surface area contributed by atoms with Gasteiger partial charge in [-0.15, -0.1) is 6.42 Å². The number of terminal acetylenes is 1. The zero-order valence-electron chi connectivity index (χ0n) is 11.3. The van der Waals surface area contributed by atoms with Crippen LogP contribution in [0.15, 0.2) is 24.3 Å². The number of piperidine rings is 1. The molecule has 0 aromatic heterocycles. The molecule has 1 aromatic carbocycles. The van der Waals surface area contributed by atoms with Crippen LogP contribution < -0.4 is 0 Å². The van der Waals surface area contributed by atoms with E-state index in [1.54, 1.807) is 17.0 Å². The van der Waals surface area contributed by atoms with Gasteiger partial charge in [-0.2, -0.15) is 0 Å². The molecular formula is C16H18FNO2. The van der Waals surface area contributed by atoms with Crippen LogP contribution in [0.5, 0.6) is 0 Å². The molecule has 4 heteroatoms. The van der Waals surface area contributed by atoms with Crippen LogP contribution in [-0.2, 0) is 4.74 Å². The van der Waals surface area contributed by atoms with Crippen molar-refractivity contribution in [3.63, 3.8) is 0 Å². The lowest BCUT2D eigenvalue weighted by Gasteiger charge is -2.32. The first-order valence-electron chi connectivity index (χ1n) is 6.76. The van der Waals surface area contributed by atoms with Gasteiger partial charge in [-0.05, 0) is 31.0 Å². The summed E-state index contributed by atoms with van der Waals surface area (Å²) in [7, 11) is 0. The maximum absolute atomic E-state index is 13.2. The first-order valence-corrected chi connectivity index (χ1v) is 6.76. The summed E-state index contributed by atoms with van der Waals surface area (Å²) in [6, 6.07) is 5.81. The molecule has 106 valence electrons. The summed E-state index contributed by atoms with van der Waals surface area (Å²) in [5.41, 5.74) is 0.398. The van der Waals surface area contributed by atoms with Gasteiger partial charge in [0.2, 0.25) is 0 Å². The van der Waals surface area contributed by atoms with Crippen LogP contribution in [0.4, 0.5) is 4.39 Å². The second-order valence-corrected chi connectivity index (χ2v) is 4.99. The SMILES string of the molecule is C#CCOCC1CCCN(C(=O)c2cccc(F)c2)C1. The minimum absolute atomic E-state index is 0.119. The van der Waals surface area contributed by atoms with Crippen molar-refractivity contribution in [2.75, 3.05) is 26.3 Å². The molecule has 1 atom stereocenters. The fourth-order valence-electron chi connectivity index (χ4n) is 2.47. The molecular weight excluding hydrogens is 257 g/mol. The summed E-state index contributed by atoms with van der Waals surface area (Å²) in [6.07, 6.45) is 7.10. The number of hydrogen-bond acceptors (Lipinski definition) is 2. The monoisotopic (exact) mass is 275 g/mol. The van der Waals surface area contributed by atoms with Crippen molar-refractivity contribution in [3.05, 3.63) is 35.6 Å². The van der Waals surface area contributed by atoms with Crippen LogP contribution in [0.3, 0.4) is 0 Å². The Kier molecular flexibility index (Phi) is 5.14. The average Bonchev–Trinajstić information content (AvgIpc) is 2.47. The second-order valence-electron chi connectivity index (χ2n) is 4.99. The molecule has 1 aliphatic heterocycles. The summed E-state index contributed by atoms with van der Waals surface area (Å²) in [5, 5.41) is 0. The van der Waals surface area contributed by atoms with Crippen LogP contribution >= 0.6 is 0 Å². The highest BCUT2D eigenvalue weighted by Crippen LogP contribution is 2.19. The van der Waals surface area contributed by atoms with E-state index in [0.29, 0.717) is 37.8 Å². The Labute approximate surface area is 118 Å². The Bertz CT molecular complexity index is 509. The fourth-order valence-corrected chi connectivity index (χ4v) is 2.47. The molecule has 1 unspecified atom stereocenters. The van der Waals surface area contributed by atoms with Crippen LogP contribution in [0, 0.1) is 24.1 Å². The van der Waals surface area contributed by atoms with Gasteiger partial charge in [-0.25, -0.2) is 4.39 Å². The number of carbonyl (C=O) groups excluding carboxylic acids is 1. The van der Waals surface area contributed by atoms with E-state index in [4.69, 9.17) is 11.2 Å². The molecule has 0 saturated carbocycles. The molecule has 0 aliphatic carbocycles. The lowest BCUT2D eigenvalue weighted by Crippen LogP contribution is -2.41. The van der Waals surface area contributed by atoms with Gasteiger partial charge in [-0.3, -0.25) is 4.79 Å². The maximum Gasteiger partial charge on any atom is 0.253 e. The van der Waals surface area contributed by atoms with Crippen LogP contribution in [0.2, 0.25) is 0 Å². The molecule has 0 N–H and O–H groups in total. The highest BCUT2D eigenvalue weighted by Gasteiger charge is 2.24. The minimum Gasteiger partial charge on any atom is -0.368 e. The van der Waals surface area contributed by atoms with E-state index in [1.165, 1.54) is 12.1 Å². The molecule has 1 amide bonds. The van der Waals surface area contributed by atoms with E-state index in [1.807, 2.05) is 0 Å². The van der Waals surface area contributed by atoms with Gasteiger partial charge < -0.3 is 9.64 Å². The van der Waals surface area contributed by atoms with E-state index < -0.39 is 0 Å². The van der Waals surface area contributed by atoms with Crippen LogP contribution in [-0.4, -0.2) is 37.1 Å². The molecule has 1 saturated heterocycles. The maximum atomic E-state index is 13.2. The predicted octanol–water partition coefficient (Wildman–Crippen LogP) is 2.33. The van der Waals surface area contributed by atoms with Gasteiger partial charge in [0.25, 0.3) is 5.91 Å². The smallest absolute Gasteiger partial charge is 0.253 e. The van der Waals surface area contributed by atoms with E-state index in [-0.39, 0.29) is 11.7 Å². The van der Waals surface area contributed by atoms with E-state index >= 15 is 0 Å². The summed E-state index contributed by atoms with van der Waals surface area (Å²) in [5.74, 6) is 2.22. The number of nitrogens with zero attached hydrogens (tertiary/aromatic N) is 1. The van der Waals surface area contributed by atoms with Crippen molar-refractivity contribution in [2.24, 2.45) is 5.92 Å². The topological polar surface area (TPSA) is 29.5 Å². The van der Waals surface area contributed by atoms with Crippen molar-refractivity contribution in [3.8, 4) is 12.3 Å². The Hall–Kier alpha value is -1.86. The standard InChI is InChI=1S/C16H18FNO2/c1-2-9-20-12-13-5-4-8-18(11-13)16(19)14-6-3-7-15(17)10-14/h1,3,6-7,10,13H,4-5,8-9,11-12H2. The molecule has 0 spiro atoms. The van der Waals surface area contributed by atoms with Crippen molar-refractivity contribution in [1.82, 2.24) is 4.90 Å². The molecule has 1 heterocycles. The number of ether oxygens (including phenoxy) is 1. The van der Waals surface area contributed by atoms with Crippen molar-refractivity contribution < 1.29 is 13.9 Å². The zero-order valence-corrected chi connectivity index (χ0v) is 11.3. The minimum atomic E-state index is -0.387. The average molecular weight is 275 g/mol. The number of halogens is 1. The number of carbonyl (C=O) groups is 1. The van der Waals surface area contributed by atoms with Crippen molar-refractivity contribution >= 4 is 5.91 Å². The number of amides is 1. The third-order valence-electron chi connectivity index (χ3n) is 3.42. The number of likely N-dealkylation sites (tertiary alicyclic amines) is 1. The molecule has 1 fully saturated rings. The highest BCUT2D eigenvalue weighted by molar-refractivity contribution is 5.94.